The third-order valence-corrected chi connectivity index (χ3v) is 3.87. The molecule has 3 aromatic rings. The number of hydrogen-bond acceptors (Lipinski definition) is 2. The number of nitrogens with one attached hydrogen (secondary N) is 1. The predicted molar refractivity (Wildman–Crippen MR) is 93.3 cm³/mol. The smallest absolute Gasteiger partial charge is 0.185 e. The maximum absolute atomic E-state index is 12.2. The molecule has 23 heavy (non-hydrogen) atoms. The Bertz CT molecular complexity index is 860. The first-order valence-electron chi connectivity index (χ1n) is 7.54. The molecule has 0 bridgehead atoms. The van der Waals surface area contributed by atoms with Gasteiger partial charge < -0.3 is 0 Å². The Morgan fingerprint density at radius 2 is 1.78 bits per heavy atom. The Morgan fingerprint density at radius 3 is 2.52 bits per heavy atom. The number of aromatic amines is 1. The molecule has 0 amide bonds. The number of carbonyl (C=O) groups is 1. The third-order valence-electron chi connectivity index (χ3n) is 3.87. The van der Waals surface area contributed by atoms with Crippen molar-refractivity contribution in [2.75, 3.05) is 0 Å². The number of aromatic nitrogens is 2. The van der Waals surface area contributed by atoms with Gasteiger partial charge in [0, 0.05) is 11.1 Å². The SMILES string of the molecule is Cc1ccc(C(=O)C=Cc2cc(-c3ccccc3)n[nH]2)cc1C. The van der Waals surface area contributed by atoms with Gasteiger partial charge in [-0.1, -0.05) is 42.5 Å². The molecule has 1 aromatic heterocycles. The predicted octanol–water partition coefficient (Wildman–Crippen LogP) is 4.59. The van der Waals surface area contributed by atoms with E-state index < -0.39 is 0 Å². The molecule has 0 saturated heterocycles. The molecule has 0 unspecified atom stereocenters. The summed E-state index contributed by atoms with van der Waals surface area (Å²) >= 11 is 0. The minimum atomic E-state index is -0.0102. The molecule has 1 heterocycles. The van der Waals surface area contributed by atoms with Crippen molar-refractivity contribution in [2.45, 2.75) is 13.8 Å². The zero-order chi connectivity index (χ0) is 16.2. The first-order chi connectivity index (χ1) is 11.1. The van der Waals surface area contributed by atoms with E-state index in [4.69, 9.17) is 0 Å². The van der Waals surface area contributed by atoms with Crippen molar-refractivity contribution >= 4 is 11.9 Å². The van der Waals surface area contributed by atoms with Crippen molar-refractivity contribution in [1.29, 1.82) is 0 Å². The Labute approximate surface area is 135 Å². The lowest BCUT2D eigenvalue weighted by atomic mass is 10.0. The average molecular weight is 302 g/mol. The van der Waals surface area contributed by atoms with E-state index in [0.29, 0.717) is 5.56 Å². The van der Waals surface area contributed by atoms with Crippen molar-refractivity contribution in [2.24, 2.45) is 0 Å². The Kier molecular flexibility index (Phi) is 4.20. The number of benzene rings is 2. The third kappa shape index (κ3) is 3.46. The van der Waals surface area contributed by atoms with E-state index in [1.807, 2.05) is 68.4 Å². The molecule has 3 rings (SSSR count). The van der Waals surface area contributed by atoms with Crippen LogP contribution in [0.4, 0.5) is 0 Å². The van der Waals surface area contributed by atoms with Gasteiger partial charge in [-0.15, -0.1) is 0 Å². The summed E-state index contributed by atoms with van der Waals surface area (Å²) in [6, 6.07) is 17.6. The molecule has 3 nitrogen and oxygen atoms in total. The molecule has 114 valence electrons. The standard InChI is InChI=1S/C20H18N2O/c1-14-8-9-17(12-15(14)2)20(23)11-10-18-13-19(22-21-18)16-6-4-3-5-7-16/h3-13H,1-2H3,(H,21,22). The van der Waals surface area contributed by atoms with E-state index in [2.05, 4.69) is 10.2 Å². The number of ketones is 1. The number of carbonyl (C=O) groups excluding carboxylic acids is 1. The fraction of sp³-hybridized carbons (Fsp3) is 0.100. The Morgan fingerprint density at radius 1 is 1.00 bits per heavy atom. The molecule has 1 N–H and O–H groups in total. The van der Waals surface area contributed by atoms with Crippen LogP contribution in [0.5, 0.6) is 0 Å². The molecule has 0 atom stereocenters. The van der Waals surface area contributed by atoms with Gasteiger partial charge in [0.2, 0.25) is 0 Å². The summed E-state index contributed by atoms with van der Waals surface area (Å²) in [4.78, 5) is 12.2. The molecular formula is C20H18N2O. The first-order valence-corrected chi connectivity index (χ1v) is 7.54. The maximum atomic E-state index is 12.2. The average Bonchev–Trinajstić information content (AvgIpc) is 3.05. The summed E-state index contributed by atoms with van der Waals surface area (Å²) in [7, 11) is 0. The second-order valence-corrected chi connectivity index (χ2v) is 5.57. The van der Waals surface area contributed by atoms with Crippen molar-refractivity contribution in [3.05, 3.63) is 83.1 Å². The van der Waals surface area contributed by atoms with Crippen LogP contribution < -0.4 is 0 Å². The van der Waals surface area contributed by atoms with Gasteiger partial charge in [0.1, 0.15) is 0 Å². The van der Waals surface area contributed by atoms with E-state index in [1.165, 1.54) is 5.56 Å². The van der Waals surface area contributed by atoms with Gasteiger partial charge in [0.05, 0.1) is 11.4 Å². The topological polar surface area (TPSA) is 45.8 Å². The van der Waals surface area contributed by atoms with Crippen molar-refractivity contribution in [3.8, 4) is 11.3 Å². The van der Waals surface area contributed by atoms with Crippen molar-refractivity contribution < 1.29 is 4.79 Å². The van der Waals surface area contributed by atoms with Crippen LogP contribution in [0.3, 0.4) is 0 Å². The largest absolute Gasteiger partial charge is 0.289 e. The summed E-state index contributed by atoms with van der Waals surface area (Å²) < 4.78 is 0. The summed E-state index contributed by atoms with van der Waals surface area (Å²) in [5.74, 6) is -0.0102. The van der Waals surface area contributed by atoms with Crippen LogP contribution >= 0.6 is 0 Å². The van der Waals surface area contributed by atoms with Gasteiger partial charge in [-0.25, -0.2) is 0 Å². The Hall–Kier alpha value is -2.94. The van der Waals surface area contributed by atoms with E-state index in [0.717, 1.165) is 22.5 Å². The summed E-state index contributed by atoms with van der Waals surface area (Å²) in [6.07, 6.45) is 3.34. The molecule has 0 fully saturated rings. The second kappa shape index (κ2) is 6.44. The lowest BCUT2D eigenvalue weighted by Gasteiger charge is -2.01. The summed E-state index contributed by atoms with van der Waals surface area (Å²) in [6.45, 7) is 4.05. The maximum Gasteiger partial charge on any atom is 0.185 e. The molecule has 0 spiro atoms. The van der Waals surface area contributed by atoms with Gasteiger partial charge in [-0.3, -0.25) is 9.89 Å². The molecule has 0 aliphatic heterocycles. The lowest BCUT2D eigenvalue weighted by molar-refractivity contribution is 0.104. The molecule has 0 radical (unpaired) electrons. The van der Waals surface area contributed by atoms with Crippen LogP contribution in [0.15, 0.2) is 60.7 Å². The second-order valence-electron chi connectivity index (χ2n) is 5.57. The monoisotopic (exact) mass is 302 g/mol. The van der Waals surface area contributed by atoms with Crippen molar-refractivity contribution in [3.63, 3.8) is 0 Å². The van der Waals surface area contributed by atoms with Gasteiger partial charge in [-0.05, 0) is 49.3 Å². The highest BCUT2D eigenvalue weighted by Crippen LogP contribution is 2.17. The van der Waals surface area contributed by atoms with Gasteiger partial charge in [0.25, 0.3) is 0 Å². The number of aryl methyl sites for hydroxylation is 2. The number of rotatable bonds is 4. The minimum Gasteiger partial charge on any atom is -0.289 e. The van der Waals surface area contributed by atoms with Gasteiger partial charge >= 0.3 is 0 Å². The lowest BCUT2D eigenvalue weighted by Crippen LogP contribution is -1.95. The number of H-pyrrole nitrogens is 1. The van der Waals surface area contributed by atoms with E-state index in [9.17, 15) is 4.79 Å². The first kappa shape index (κ1) is 15.0. The van der Waals surface area contributed by atoms with Crippen LogP contribution in [0.1, 0.15) is 27.2 Å². The van der Waals surface area contributed by atoms with Crippen LogP contribution in [0.2, 0.25) is 0 Å². The quantitative estimate of drug-likeness (QED) is 0.566. The van der Waals surface area contributed by atoms with Crippen LogP contribution in [-0.4, -0.2) is 16.0 Å². The van der Waals surface area contributed by atoms with Crippen LogP contribution in [0, 0.1) is 13.8 Å². The van der Waals surface area contributed by atoms with Crippen molar-refractivity contribution in [1.82, 2.24) is 10.2 Å². The molecule has 3 heteroatoms. The van der Waals surface area contributed by atoms with Crippen LogP contribution in [-0.2, 0) is 0 Å². The highest BCUT2D eigenvalue weighted by molar-refractivity contribution is 6.06. The van der Waals surface area contributed by atoms with E-state index in [1.54, 1.807) is 12.2 Å². The highest BCUT2D eigenvalue weighted by atomic mass is 16.1. The summed E-state index contributed by atoms with van der Waals surface area (Å²) in [5.41, 5.74) is 5.73. The molecule has 0 aliphatic rings. The highest BCUT2D eigenvalue weighted by Gasteiger charge is 2.05. The molecule has 2 aromatic carbocycles. The zero-order valence-electron chi connectivity index (χ0n) is 13.2. The van der Waals surface area contributed by atoms with Crippen LogP contribution in [0.25, 0.3) is 17.3 Å². The summed E-state index contributed by atoms with van der Waals surface area (Å²) in [5, 5.41) is 7.22. The minimum absolute atomic E-state index is 0.0102. The number of allylic oxidation sites excluding steroid dienone is 1. The number of hydrogen-bond donors (Lipinski definition) is 1. The van der Waals surface area contributed by atoms with Gasteiger partial charge in [-0.2, -0.15) is 5.10 Å². The Balaban J connectivity index is 1.76. The van der Waals surface area contributed by atoms with E-state index in [-0.39, 0.29) is 5.78 Å². The fourth-order valence-electron chi connectivity index (χ4n) is 2.34. The number of nitrogens with zero attached hydrogens (tertiary/aromatic N) is 1. The molecule has 0 aliphatic carbocycles. The van der Waals surface area contributed by atoms with Gasteiger partial charge in [0.15, 0.2) is 5.78 Å². The fourth-order valence-corrected chi connectivity index (χ4v) is 2.34. The van der Waals surface area contributed by atoms with E-state index >= 15 is 0 Å². The zero-order valence-corrected chi connectivity index (χ0v) is 13.2. The normalized spacial score (nSPS) is 11.0. The molecule has 0 saturated carbocycles. The molecular weight excluding hydrogens is 284 g/mol.